The van der Waals surface area contributed by atoms with E-state index in [9.17, 15) is 4.79 Å². The highest BCUT2D eigenvalue weighted by molar-refractivity contribution is 5.76. The predicted octanol–water partition coefficient (Wildman–Crippen LogP) is 3.00. The van der Waals surface area contributed by atoms with Gasteiger partial charge >= 0.3 is 0 Å². The average Bonchev–Trinajstić information content (AvgIpc) is 2.37. The molecule has 0 heterocycles. The van der Waals surface area contributed by atoms with Gasteiger partial charge in [0.2, 0.25) is 5.91 Å². The summed E-state index contributed by atoms with van der Waals surface area (Å²) in [5.74, 6) is -0.0570. The molecule has 0 aliphatic carbocycles. The number of rotatable bonds is 5. The Morgan fingerprint density at radius 1 is 1.32 bits per heavy atom. The standard InChI is InChI=1S/C16H22N2O/c1-12-7-8-14(10-13(12)2)16(3,4)11-18-15(19)6-5-9-17/h7-8,10H,5-6,11H2,1-4H3,(H,18,19). The van der Waals surface area contributed by atoms with Crippen molar-refractivity contribution in [3.63, 3.8) is 0 Å². The Morgan fingerprint density at radius 3 is 2.58 bits per heavy atom. The van der Waals surface area contributed by atoms with Gasteiger partial charge in [0.1, 0.15) is 0 Å². The van der Waals surface area contributed by atoms with Crippen molar-refractivity contribution in [1.82, 2.24) is 5.32 Å². The Morgan fingerprint density at radius 2 is 2.00 bits per heavy atom. The molecule has 3 heteroatoms. The second-order valence-electron chi connectivity index (χ2n) is 5.62. The average molecular weight is 258 g/mol. The second kappa shape index (κ2) is 6.38. The highest BCUT2D eigenvalue weighted by atomic mass is 16.1. The van der Waals surface area contributed by atoms with Gasteiger partial charge in [0.15, 0.2) is 0 Å². The summed E-state index contributed by atoms with van der Waals surface area (Å²) in [6.07, 6.45) is 0.551. The van der Waals surface area contributed by atoms with Crippen LogP contribution in [0.2, 0.25) is 0 Å². The first-order valence-electron chi connectivity index (χ1n) is 6.58. The van der Waals surface area contributed by atoms with E-state index in [1.165, 1.54) is 16.7 Å². The van der Waals surface area contributed by atoms with Crippen LogP contribution in [-0.4, -0.2) is 12.5 Å². The number of hydrogen-bond donors (Lipinski definition) is 1. The van der Waals surface area contributed by atoms with Crippen LogP contribution in [0.15, 0.2) is 18.2 Å². The summed E-state index contributed by atoms with van der Waals surface area (Å²) in [5.41, 5.74) is 3.65. The van der Waals surface area contributed by atoms with Gasteiger partial charge < -0.3 is 5.32 Å². The summed E-state index contributed by atoms with van der Waals surface area (Å²) >= 11 is 0. The smallest absolute Gasteiger partial charge is 0.221 e. The first-order chi connectivity index (χ1) is 8.86. The zero-order valence-corrected chi connectivity index (χ0v) is 12.2. The number of nitrogens with zero attached hydrogens (tertiary/aromatic N) is 1. The van der Waals surface area contributed by atoms with Crippen molar-refractivity contribution in [2.45, 2.75) is 46.0 Å². The summed E-state index contributed by atoms with van der Waals surface area (Å²) in [6.45, 7) is 9.00. The quantitative estimate of drug-likeness (QED) is 0.882. The number of carbonyl (C=O) groups is 1. The van der Waals surface area contributed by atoms with Gasteiger partial charge in [0.25, 0.3) is 0 Å². The Kier molecular flexibility index (Phi) is 5.11. The van der Waals surface area contributed by atoms with Gasteiger partial charge in [-0.2, -0.15) is 5.26 Å². The molecule has 0 saturated heterocycles. The summed E-state index contributed by atoms with van der Waals surface area (Å²) in [7, 11) is 0. The van der Waals surface area contributed by atoms with Crippen molar-refractivity contribution >= 4 is 5.91 Å². The molecule has 0 aliphatic heterocycles. The zero-order valence-electron chi connectivity index (χ0n) is 12.2. The molecule has 1 aromatic rings. The van der Waals surface area contributed by atoms with Crippen LogP contribution < -0.4 is 5.32 Å². The highest BCUT2D eigenvalue weighted by Gasteiger charge is 2.21. The molecule has 1 N–H and O–H groups in total. The van der Waals surface area contributed by atoms with E-state index in [1.54, 1.807) is 0 Å². The van der Waals surface area contributed by atoms with Gasteiger partial charge in [-0.25, -0.2) is 0 Å². The maximum absolute atomic E-state index is 11.5. The third-order valence-electron chi connectivity index (χ3n) is 3.48. The topological polar surface area (TPSA) is 52.9 Å². The van der Waals surface area contributed by atoms with Crippen LogP contribution in [-0.2, 0) is 10.2 Å². The van der Waals surface area contributed by atoms with Crippen molar-refractivity contribution in [3.8, 4) is 6.07 Å². The monoisotopic (exact) mass is 258 g/mol. The second-order valence-corrected chi connectivity index (χ2v) is 5.62. The Hall–Kier alpha value is -1.82. The molecule has 1 amide bonds. The molecule has 3 nitrogen and oxygen atoms in total. The van der Waals surface area contributed by atoms with Gasteiger partial charge in [-0.1, -0.05) is 32.0 Å². The summed E-state index contributed by atoms with van der Waals surface area (Å²) in [4.78, 5) is 11.5. The van der Waals surface area contributed by atoms with E-state index in [4.69, 9.17) is 5.26 Å². The van der Waals surface area contributed by atoms with E-state index in [0.29, 0.717) is 6.54 Å². The normalized spacial score (nSPS) is 10.9. The van der Waals surface area contributed by atoms with E-state index in [0.717, 1.165) is 0 Å². The van der Waals surface area contributed by atoms with E-state index in [-0.39, 0.29) is 24.2 Å². The Labute approximate surface area is 115 Å². The van der Waals surface area contributed by atoms with Crippen molar-refractivity contribution in [1.29, 1.82) is 5.26 Å². The number of benzene rings is 1. The lowest BCUT2D eigenvalue weighted by atomic mass is 9.83. The molecule has 0 spiro atoms. The van der Waals surface area contributed by atoms with Gasteiger partial charge in [-0.3, -0.25) is 4.79 Å². The van der Waals surface area contributed by atoms with Crippen LogP contribution in [0.1, 0.15) is 43.4 Å². The minimum absolute atomic E-state index is 0.0570. The minimum Gasteiger partial charge on any atom is -0.355 e. The summed E-state index contributed by atoms with van der Waals surface area (Å²) < 4.78 is 0. The van der Waals surface area contributed by atoms with Crippen LogP contribution in [0.25, 0.3) is 0 Å². The highest BCUT2D eigenvalue weighted by Crippen LogP contribution is 2.24. The molecule has 19 heavy (non-hydrogen) atoms. The largest absolute Gasteiger partial charge is 0.355 e. The summed E-state index contributed by atoms with van der Waals surface area (Å²) in [6, 6.07) is 8.39. The van der Waals surface area contributed by atoms with Crippen LogP contribution in [0.3, 0.4) is 0 Å². The lowest BCUT2D eigenvalue weighted by Crippen LogP contribution is -2.36. The lowest BCUT2D eigenvalue weighted by Gasteiger charge is -2.26. The van der Waals surface area contributed by atoms with Crippen LogP contribution in [0.4, 0.5) is 0 Å². The molecule has 0 saturated carbocycles. The van der Waals surface area contributed by atoms with Crippen molar-refractivity contribution in [2.75, 3.05) is 6.54 Å². The number of nitriles is 1. The third kappa shape index (κ3) is 4.40. The summed E-state index contributed by atoms with van der Waals surface area (Å²) in [5, 5.41) is 11.3. The van der Waals surface area contributed by atoms with E-state index >= 15 is 0 Å². The fourth-order valence-electron chi connectivity index (χ4n) is 1.84. The lowest BCUT2D eigenvalue weighted by molar-refractivity contribution is -0.121. The number of aryl methyl sites for hydroxylation is 2. The number of nitrogens with one attached hydrogen (secondary N) is 1. The molecular formula is C16H22N2O. The maximum atomic E-state index is 11.5. The molecule has 102 valence electrons. The first-order valence-corrected chi connectivity index (χ1v) is 6.58. The van der Waals surface area contributed by atoms with Crippen molar-refractivity contribution in [2.24, 2.45) is 0 Å². The third-order valence-corrected chi connectivity index (χ3v) is 3.48. The molecule has 1 rings (SSSR count). The first kappa shape index (κ1) is 15.2. The minimum atomic E-state index is -0.110. The number of amides is 1. The van der Waals surface area contributed by atoms with E-state index in [2.05, 4.69) is 51.2 Å². The molecule has 0 radical (unpaired) electrons. The number of hydrogen-bond acceptors (Lipinski definition) is 2. The molecule has 0 fully saturated rings. The maximum Gasteiger partial charge on any atom is 0.221 e. The fourth-order valence-corrected chi connectivity index (χ4v) is 1.84. The van der Waals surface area contributed by atoms with Gasteiger partial charge in [0, 0.05) is 24.8 Å². The molecule has 0 atom stereocenters. The molecule has 1 aromatic carbocycles. The van der Waals surface area contributed by atoms with Crippen LogP contribution >= 0.6 is 0 Å². The Balaban J connectivity index is 2.67. The molecule has 0 aliphatic rings. The molecule has 0 unspecified atom stereocenters. The predicted molar refractivity (Wildman–Crippen MR) is 76.8 cm³/mol. The van der Waals surface area contributed by atoms with Gasteiger partial charge in [-0.05, 0) is 30.5 Å². The zero-order chi connectivity index (χ0) is 14.5. The van der Waals surface area contributed by atoms with E-state index in [1.807, 2.05) is 6.07 Å². The van der Waals surface area contributed by atoms with Crippen LogP contribution in [0.5, 0.6) is 0 Å². The van der Waals surface area contributed by atoms with Crippen molar-refractivity contribution in [3.05, 3.63) is 34.9 Å². The molecule has 0 aromatic heterocycles. The molecule has 0 bridgehead atoms. The fraction of sp³-hybridized carbons (Fsp3) is 0.500. The van der Waals surface area contributed by atoms with Gasteiger partial charge in [-0.15, -0.1) is 0 Å². The SMILES string of the molecule is Cc1ccc(C(C)(C)CNC(=O)CCC#N)cc1C. The Bertz CT molecular complexity index is 498. The van der Waals surface area contributed by atoms with E-state index < -0.39 is 0 Å². The molecular weight excluding hydrogens is 236 g/mol. The van der Waals surface area contributed by atoms with Crippen molar-refractivity contribution < 1.29 is 4.79 Å². The van der Waals surface area contributed by atoms with Gasteiger partial charge in [0.05, 0.1) is 6.07 Å². The van der Waals surface area contributed by atoms with Crippen LogP contribution in [0, 0.1) is 25.2 Å². The number of carbonyl (C=O) groups excluding carboxylic acids is 1.